The smallest absolute Gasteiger partial charge is 0.326 e. The van der Waals surface area contributed by atoms with Crippen molar-refractivity contribution in [2.75, 3.05) is 6.54 Å². The molecule has 0 heterocycles. The van der Waals surface area contributed by atoms with Crippen molar-refractivity contribution in [3.05, 3.63) is 0 Å². The van der Waals surface area contributed by atoms with Crippen LogP contribution in [0.2, 0.25) is 0 Å². The lowest BCUT2D eigenvalue weighted by molar-refractivity contribution is -0.142. The number of carbonyl (C=O) groups is 5. The highest BCUT2D eigenvalue weighted by atomic mass is 16.4. The van der Waals surface area contributed by atoms with Crippen molar-refractivity contribution in [3.8, 4) is 0 Å². The van der Waals surface area contributed by atoms with Gasteiger partial charge in [0, 0.05) is 6.42 Å². The first-order valence-electron chi connectivity index (χ1n) is 10.2. The van der Waals surface area contributed by atoms with E-state index >= 15 is 0 Å². The molecular weight excluding hydrogens is 410 g/mol. The van der Waals surface area contributed by atoms with Crippen molar-refractivity contribution in [1.82, 2.24) is 16.0 Å². The molecule has 0 rings (SSSR count). The molecule has 12 nitrogen and oxygen atoms in total. The van der Waals surface area contributed by atoms with Crippen molar-refractivity contribution in [3.63, 3.8) is 0 Å². The Morgan fingerprint density at radius 2 is 1.39 bits per heavy atom. The number of hydrogen-bond donors (Lipinski definition) is 7. The number of carboxylic acid groups (broad SMARTS) is 2. The monoisotopic (exact) mass is 445 g/mol. The lowest BCUT2D eigenvalue weighted by Crippen LogP contribution is -2.58. The maximum Gasteiger partial charge on any atom is 0.326 e. The summed E-state index contributed by atoms with van der Waals surface area (Å²) in [5.74, 6) is -4.89. The summed E-state index contributed by atoms with van der Waals surface area (Å²) in [6.07, 6.45) is 0.700. The average molecular weight is 446 g/mol. The van der Waals surface area contributed by atoms with Crippen LogP contribution in [0.15, 0.2) is 0 Å². The predicted molar refractivity (Wildman–Crippen MR) is 112 cm³/mol. The van der Waals surface area contributed by atoms with E-state index in [0.717, 1.165) is 0 Å². The van der Waals surface area contributed by atoms with Gasteiger partial charge < -0.3 is 37.6 Å². The molecule has 0 aliphatic carbocycles. The number of amides is 3. The number of aliphatic carboxylic acids is 2. The van der Waals surface area contributed by atoms with Crippen molar-refractivity contribution in [1.29, 1.82) is 0 Å². The van der Waals surface area contributed by atoms with Crippen molar-refractivity contribution < 1.29 is 34.2 Å². The molecule has 31 heavy (non-hydrogen) atoms. The normalized spacial score (nSPS) is 14.8. The van der Waals surface area contributed by atoms with Crippen LogP contribution in [0.5, 0.6) is 0 Å². The minimum atomic E-state index is -1.22. The van der Waals surface area contributed by atoms with E-state index < -0.39 is 66.2 Å². The molecule has 4 unspecified atom stereocenters. The fourth-order valence-electron chi connectivity index (χ4n) is 2.64. The van der Waals surface area contributed by atoms with Gasteiger partial charge in [-0.25, -0.2) is 4.79 Å². The Bertz CT molecular complexity index is 639. The van der Waals surface area contributed by atoms with Crippen LogP contribution in [0, 0.1) is 5.92 Å². The third-order valence-electron chi connectivity index (χ3n) is 4.50. The molecule has 0 saturated carbocycles. The second-order valence-electron chi connectivity index (χ2n) is 7.70. The van der Waals surface area contributed by atoms with Gasteiger partial charge in [-0.05, 0) is 45.1 Å². The lowest BCUT2D eigenvalue weighted by atomic mass is 10.0. The van der Waals surface area contributed by atoms with Gasteiger partial charge in [0.2, 0.25) is 17.7 Å². The number of carbonyl (C=O) groups excluding carboxylic acids is 3. The van der Waals surface area contributed by atoms with Crippen LogP contribution in [-0.2, 0) is 24.0 Å². The summed E-state index contributed by atoms with van der Waals surface area (Å²) in [5, 5.41) is 25.5. The Morgan fingerprint density at radius 3 is 1.84 bits per heavy atom. The fraction of sp³-hybridized carbons (Fsp3) is 0.737. The van der Waals surface area contributed by atoms with Gasteiger partial charge in [0.15, 0.2) is 0 Å². The third-order valence-corrected chi connectivity index (χ3v) is 4.50. The quantitative estimate of drug-likeness (QED) is 0.146. The van der Waals surface area contributed by atoms with E-state index in [2.05, 4.69) is 16.0 Å². The number of nitrogens with one attached hydrogen (secondary N) is 3. The molecule has 4 atom stereocenters. The van der Waals surface area contributed by atoms with Gasteiger partial charge in [-0.3, -0.25) is 19.2 Å². The van der Waals surface area contributed by atoms with Crippen LogP contribution in [0.1, 0.15) is 52.9 Å². The molecule has 3 amide bonds. The average Bonchev–Trinajstić information content (AvgIpc) is 2.67. The van der Waals surface area contributed by atoms with Crippen LogP contribution in [-0.4, -0.2) is 70.6 Å². The minimum Gasteiger partial charge on any atom is -0.481 e. The molecule has 0 saturated heterocycles. The number of unbranched alkanes of at least 4 members (excludes halogenated alkanes) is 1. The van der Waals surface area contributed by atoms with Gasteiger partial charge in [0.1, 0.15) is 18.1 Å². The van der Waals surface area contributed by atoms with E-state index in [1.807, 2.05) is 0 Å². The van der Waals surface area contributed by atoms with Crippen LogP contribution in [0.4, 0.5) is 0 Å². The molecule has 12 heteroatoms. The zero-order chi connectivity index (χ0) is 24.1. The molecule has 0 aromatic rings. The second-order valence-corrected chi connectivity index (χ2v) is 7.70. The van der Waals surface area contributed by atoms with Crippen LogP contribution < -0.4 is 27.4 Å². The van der Waals surface area contributed by atoms with Crippen molar-refractivity contribution in [2.24, 2.45) is 17.4 Å². The van der Waals surface area contributed by atoms with E-state index in [-0.39, 0.29) is 12.8 Å². The molecule has 0 bridgehead atoms. The number of hydrogen-bond acceptors (Lipinski definition) is 7. The first kappa shape index (κ1) is 28.3. The maximum atomic E-state index is 12.7. The zero-order valence-corrected chi connectivity index (χ0v) is 18.2. The topological polar surface area (TPSA) is 214 Å². The van der Waals surface area contributed by atoms with Gasteiger partial charge in [0.25, 0.3) is 0 Å². The standard InChI is InChI=1S/C19H35N5O7/c1-10(2)15(18(29)23-13(19(30)31)6-4-5-9-20)24-17(28)12(7-8-14(25)26)22-16(27)11(3)21/h10-13,15H,4-9,20-21H2,1-3H3,(H,22,27)(H,23,29)(H,24,28)(H,25,26)(H,30,31). The minimum absolute atomic E-state index is 0.183. The van der Waals surface area contributed by atoms with Crippen molar-refractivity contribution >= 4 is 29.7 Å². The zero-order valence-electron chi connectivity index (χ0n) is 18.2. The van der Waals surface area contributed by atoms with Gasteiger partial charge in [-0.1, -0.05) is 13.8 Å². The molecule has 0 aliphatic heterocycles. The van der Waals surface area contributed by atoms with Gasteiger partial charge >= 0.3 is 11.9 Å². The number of rotatable bonds is 15. The van der Waals surface area contributed by atoms with E-state index in [9.17, 15) is 29.1 Å². The van der Waals surface area contributed by atoms with Crippen LogP contribution >= 0.6 is 0 Å². The Balaban J connectivity index is 5.31. The van der Waals surface area contributed by atoms with Gasteiger partial charge in [-0.2, -0.15) is 0 Å². The van der Waals surface area contributed by atoms with Gasteiger partial charge in [0.05, 0.1) is 6.04 Å². The summed E-state index contributed by atoms with van der Waals surface area (Å²) in [6.45, 7) is 5.11. The molecular formula is C19H35N5O7. The number of carboxylic acids is 2. The summed E-state index contributed by atoms with van der Waals surface area (Å²) in [6, 6.07) is -4.38. The summed E-state index contributed by atoms with van der Waals surface area (Å²) in [7, 11) is 0. The predicted octanol–water partition coefficient (Wildman–Crippen LogP) is -1.48. The third kappa shape index (κ3) is 11.3. The Kier molecular flexibility index (Phi) is 13.0. The molecule has 0 spiro atoms. The summed E-state index contributed by atoms with van der Waals surface area (Å²) in [4.78, 5) is 59.6. The largest absolute Gasteiger partial charge is 0.481 e. The molecule has 178 valence electrons. The lowest BCUT2D eigenvalue weighted by Gasteiger charge is -2.26. The van der Waals surface area contributed by atoms with Crippen LogP contribution in [0.3, 0.4) is 0 Å². The number of nitrogens with two attached hydrogens (primary N) is 2. The first-order chi connectivity index (χ1) is 14.4. The second kappa shape index (κ2) is 14.3. The van der Waals surface area contributed by atoms with E-state index in [0.29, 0.717) is 19.4 Å². The molecule has 0 fully saturated rings. The Labute approximate surface area is 181 Å². The van der Waals surface area contributed by atoms with Crippen LogP contribution in [0.25, 0.3) is 0 Å². The Hall–Kier alpha value is -2.73. The van der Waals surface area contributed by atoms with E-state index in [1.165, 1.54) is 6.92 Å². The summed E-state index contributed by atoms with van der Waals surface area (Å²) in [5.41, 5.74) is 10.9. The Morgan fingerprint density at radius 1 is 0.806 bits per heavy atom. The van der Waals surface area contributed by atoms with Crippen molar-refractivity contribution in [2.45, 2.75) is 77.0 Å². The van der Waals surface area contributed by atoms with Gasteiger partial charge in [-0.15, -0.1) is 0 Å². The van der Waals surface area contributed by atoms with E-state index in [4.69, 9.17) is 16.6 Å². The molecule has 0 aromatic heterocycles. The molecule has 9 N–H and O–H groups in total. The molecule has 0 aromatic carbocycles. The highest BCUT2D eigenvalue weighted by Crippen LogP contribution is 2.08. The molecule has 0 radical (unpaired) electrons. The van der Waals surface area contributed by atoms with E-state index in [1.54, 1.807) is 13.8 Å². The molecule has 0 aliphatic rings. The first-order valence-corrected chi connectivity index (χ1v) is 10.2. The highest BCUT2D eigenvalue weighted by molar-refractivity contribution is 5.94. The fourth-order valence-corrected chi connectivity index (χ4v) is 2.64. The SMILES string of the molecule is CC(N)C(=O)NC(CCC(=O)O)C(=O)NC(C(=O)NC(CCCCN)C(=O)O)C(C)C. The highest BCUT2D eigenvalue weighted by Gasteiger charge is 2.31. The summed E-state index contributed by atoms with van der Waals surface area (Å²) < 4.78 is 0. The summed E-state index contributed by atoms with van der Waals surface area (Å²) >= 11 is 0. The maximum absolute atomic E-state index is 12.7.